The van der Waals surface area contributed by atoms with E-state index in [1.54, 1.807) is 0 Å². The second-order valence-electron chi connectivity index (χ2n) is 6.94. The van der Waals surface area contributed by atoms with Crippen LogP contribution in [0.1, 0.15) is 12.8 Å². The number of anilines is 1. The van der Waals surface area contributed by atoms with Gasteiger partial charge in [-0.05, 0) is 55.6 Å². The molecule has 4 nitrogen and oxygen atoms in total. The zero-order valence-corrected chi connectivity index (χ0v) is 14.5. The molecule has 0 bridgehead atoms. The quantitative estimate of drug-likeness (QED) is 0.560. The highest BCUT2D eigenvalue weighted by atomic mass is 16.3. The predicted molar refractivity (Wildman–Crippen MR) is 106 cm³/mol. The summed E-state index contributed by atoms with van der Waals surface area (Å²) in [6, 6.07) is 17.2. The Morgan fingerprint density at radius 1 is 0.962 bits per heavy atom. The third-order valence-corrected chi connectivity index (χ3v) is 5.16. The van der Waals surface area contributed by atoms with Crippen LogP contribution in [0.15, 0.2) is 65.3 Å². The number of hydrogen-bond donors (Lipinski definition) is 2. The summed E-state index contributed by atoms with van der Waals surface area (Å²) in [5, 5.41) is 10.5. The molecule has 4 aromatic rings. The molecule has 0 saturated carbocycles. The first-order valence-electron chi connectivity index (χ1n) is 9.21. The van der Waals surface area contributed by atoms with Crippen molar-refractivity contribution >= 4 is 27.4 Å². The van der Waals surface area contributed by atoms with E-state index in [1.807, 2.05) is 30.6 Å². The van der Waals surface area contributed by atoms with Crippen LogP contribution >= 0.6 is 0 Å². The van der Waals surface area contributed by atoms with Crippen LogP contribution in [0, 0.1) is 0 Å². The molecule has 0 aliphatic carbocycles. The third-order valence-electron chi connectivity index (χ3n) is 5.16. The van der Waals surface area contributed by atoms with Crippen LogP contribution in [-0.4, -0.2) is 24.1 Å². The number of aromatic nitrogens is 1. The second-order valence-corrected chi connectivity index (χ2v) is 6.94. The van der Waals surface area contributed by atoms with Gasteiger partial charge >= 0.3 is 0 Å². The zero-order chi connectivity index (χ0) is 17.3. The monoisotopic (exact) mass is 343 g/mol. The normalized spacial score (nSPS) is 15.5. The molecule has 2 aromatic carbocycles. The van der Waals surface area contributed by atoms with Gasteiger partial charge in [-0.25, -0.2) is 0 Å². The molecule has 0 radical (unpaired) electrons. The Hall–Kier alpha value is -2.85. The lowest BCUT2D eigenvalue weighted by atomic mass is 10.0. The van der Waals surface area contributed by atoms with Crippen molar-refractivity contribution in [1.29, 1.82) is 0 Å². The summed E-state index contributed by atoms with van der Waals surface area (Å²) in [4.78, 5) is 4.42. The van der Waals surface area contributed by atoms with Crippen molar-refractivity contribution in [3.05, 3.63) is 60.9 Å². The summed E-state index contributed by atoms with van der Waals surface area (Å²) in [6.07, 6.45) is 6.12. The summed E-state index contributed by atoms with van der Waals surface area (Å²) in [5.74, 6) is 0.864. The third kappa shape index (κ3) is 2.82. The van der Waals surface area contributed by atoms with Crippen molar-refractivity contribution in [2.45, 2.75) is 18.9 Å². The number of furan rings is 1. The number of benzene rings is 2. The molecule has 5 rings (SSSR count). The topological polar surface area (TPSA) is 50.1 Å². The lowest BCUT2D eigenvalue weighted by Crippen LogP contribution is -2.35. The fourth-order valence-corrected chi connectivity index (χ4v) is 3.77. The van der Waals surface area contributed by atoms with E-state index in [0.717, 1.165) is 64.7 Å². The molecular weight excluding hydrogens is 322 g/mol. The highest BCUT2D eigenvalue weighted by Gasteiger charge is 2.14. The molecule has 2 aromatic heterocycles. The maximum atomic E-state index is 6.08. The number of hydrogen-bond acceptors (Lipinski definition) is 4. The molecular formula is C22H21N3O. The van der Waals surface area contributed by atoms with Crippen LogP contribution in [0.3, 0.4) is 0 Å². The number of fused-ring (bicyclic) bond motifs is 2. The summed E-state index contributed by atoms with van der Waals surface area (Å²) in [6.45, 7) is 2.17. The Morgan fingerprint density at radius 2 is 1.85 bits per heavy atom. The first-order chi connectivity index (χ1) is 12.9. The van der Waals surface area contributed by atoms with Gasteiger partial charge in [0.2, 0.25) is 0 Å². The highest BCUT2D eigenvalue weighted by Crippen LogP contribution is 2.33. The second kappa shape index (κ2) is 6.46. The Bertz CT molecular complexity index is 1030. The molecule has 0 atom stereocenters. The van der Waals surface area contributed by atoms with Crippen molar-refractivity contribution in [3.63, 3.8) is 0 Å². The molecule has 130 valence electrons. The van der Waals surface area contributed by atoms with E-state index >= 15 is 0 Å². The van der Waals surface area contributed by atoms with Crippen LogP contribution in [0.25, 0.3) is 33.1 Å². The first-order valence-corrected chi connectivity index (χ1v) is 9.21. The van der Waals surface area contributed by atoms with E-state index in [4.69, 9.17) is 4.42 Å². The minimum absolute atomic E-state index is 0.533. The fourth-order valence-electron chi connectivity index (χ4n) is 3.77. The van der Waals surface area contributed by atoms with Gasteiger partial charge in [-0.15, -0.1) is 0 Å². The number of rotatable bonds is 3. The average Bonchev–Trinajstić information content (AvgIpc) is 3.12. The van der Waals surface area contributed by atoms with Crippen molar-refractivity contribution in [3.8, 4) is 11.3 Å². The molecule has 1 aliphatic rings. The van der Waals surface area contributed by atoms with E-state index in [2.05, 4.69) is 45.9 Å². The van der Waals surface area contributed by atoms with Crippen molar-refractivity contribution in [1.82, 2.24) is 10.3 Å². The summed E-state index contributed by atoms with van der Waals surface area (Å²) in [5.41, 5.74) is 3.10. The molecule has 3 heterocycles. The molecule has 0 amide bonds. The highest BCUT2D eigenvalue weighted by molar-refractivity contribution is 5.98. The van der Waals surface area contributed by atoms with Crippen molar-refractivity contribution in [2.75, 3.05) is 18.4 Å². The molecule has 2 N–H and O–H groups in total. The van der Waals surface area contributed by atoms with E-state index in [-0.39, 0.29) is 0 Å². The van der Waals surface area contributed by atoms with E-state index < -0.39 is 0 Å². The Balaban J connectivity index is 1.57. The number of piperidine rings is 1. The number of para-hydroxylation sites is 1. The van der Waals surface area contributed by atoms with E-state index in [9.17, 15) is 0 Å². The lowest BCUT2D eigenvalue weighted by Gasteiger charge is -2.24. The SMILES string of the molecule is c1ccc2oc(-c3cncc4ccc(NC5CCNCC5)cc34)cc2c1. The first kappa shape index (κ1) is 15.4. The molecule has 0 unspecified atom stereocenters. The molecule has 26 heavy (non-hydrogen) atoms. The fraction of sp³-hybridized carbons (Fsp3) is 0.227. The largest absolute Gasteiger partial charge is 0.456 e. The Labute approximate surface area is 152 Å². The van der Waals surface area contributed by atoms with Gasteiger partial charge in [0.15, 0.2) is 0 Å². The van der Waals surface area contributed by atoms with Gasteiger partial charge in [-0.3, -0.25) is 4.98 Å². The van der Waals surface area contributed by atoms with Gasteiger partial charge in [0, 0.05) is 40.5 Å². The van der Waals surface area contributed by atoms with Gasteiger partial charge in [-0.1, -0.05) is 24.3 Å². The zero-order valence-electron chi connectivity index (χ0n) is 14.5. The van der Waals surface area contributed by atoms with E-state index in [1.165, 1.54) is 0 Å². The minimum atomic E-state index is 0.533. The average molecular weight is 343 g/mol. The van der Waals surface area contributed by atoms with Crippen LogP contribution in [-0.2, 0) is 0 Å². The minimum Gasteiger partial charge on any atom is -0.456 e. The maximum Gasteiger partial charge on any atom is 0.137 e. The smallest absolute Gasteiger partial charge is 0.137 e. The maximum absolute atomic E-state index is 6.08. The summed E-state index contributed by atoms with van der Waals surface area (Å²) >= 11 is 0. The molecule has 4 heteroatoms. The van der Waals surface area contributed by atoms with E-state index in [0.29, 0.717) is 6.04 Å². The number of nitrogens with one attached hydrogen (secondary N) is 2. The molecule has 1 saturated heterocycles. The van der Waals surface area contributed by atoms with Gasteiger partial charge < -0.3 is 15.1 Å². The number of pyridine rings is 1. The number of nitrogens with zero attached hydrogens (tertiary/aromatic N) is 1. The molecule has 0 spiro atoms. The Kier molecular flexibility index (Phi) is 3.83. The summed E-state index contributed by atoms with van der Waals surface area (Å²) < 4.78 is 6.08. The van der Waals surface area contributed by atoms with Crippen molar-refractivity contribution < 1.29 is 4.42 Å². The Morgan fingerprint density at radius 3 is 2.73 bits per heavy atom. The summed E-state index contributed by atoms with van der Waals surface area (Å²) in [7, 11) is 0. The molecule has 1 aliphatic heterocycles. The lowest BCUT2D eigenvalue weighted by molar-refractivity contribution is 0.479. The van der Waals surface area contributed by atoms with Gasteiger partial charge in [0.05, 0.1) is 0 Å². The van der Waals surface area contributed by atoms with Gasteiger partial charge in [0.1, 0.15) is 11.3 Å². The predicted octanol–water partition coefficient (Wildman–Crippen LogP) is 4.81. The van der Waals surface area contributed by atoms with Crippen LogP contribution < -0.4 is 10.6 Å². The van der Waals surface area contributed by atoms with Gasteiger partial charge in [-0.2, -0.15) is 0 Å². The standard InChI is InChI=1S/C22H21N3O/c1-2-4-21-15(3-1)11-22(26-21)20-14-24-13-16-5-6-18(12-19(16)20)25-17-7-9-23-10-8-17/h1-6,11-14,17,23,25H,7-10H2. The van der Waals surface area contributed by atoms with Crippen molar-refractivity contribution in [2.24, 2.45) is 0 Å². The van der Waals surface area contributed by atoms with Gasteiger partial charge in [0.25, 0.3) is 0 Å². The van der Waals surface area contributed by atoms with Crippen LogP contribution in [0.5, 0.6) is 0 Å². The molecule has 1 fully saturated rings. The van der Waals surface area contributed by atoms with Crippen LogP contribution in [0.2, 0.25) is 0 Å². The van der Waals surface area contributed by atoms with Crippen LogP contribution in [0.4, 0.5) is 5.69 Å².